The van der Waals surface area contributed by atoms with Gasteiger partial charge < -0.3 is 11.1 Å². The Kier molecular flexibility index (Phi) is 7.86. The third-order valence-electron chi connectivity index (χ3n) is 2.25. The van der Waals surface area contributed by atoms with Gasteiger partial charge in [0, 0.05) is 29.9 Å². The zero-order chi connectivity index (χ0) is 13.8. The lowest BCUT2D eigenvalue weighted by Gasteiger charge is -2.07. The Hall–Kier alpha value is -0.390. The van der Waals surface area contributed by atoms with E-state index in [4.69, 9.17) is 5.73 Å². The lowest BCUT2D eigenvalue weighted by molar-refractivity contribution is 0.580. The van der Waals surface area contributed by atoms with Crippen LogP contribution in [0, 0.1) is 13.8 Å². The van der Waals surface area contributed by atoms with Gasteiger partial charge in [-0.25, -0.2) is 13.1 Å². The molecule has 0 radical (unpaired) electrons. The molecule has 1 aromatic rings. The van der Waals surface area contributed by atoms with Crippen molar-refractivity contribution in [2.24, 2.45) is 10.7 Å². The van der Waals surface area contributed by atoms with Crippen LogP contribution in [0.1, 0.15) is 9.75 Å². The van der Waals surface area contributed by atoms with E-state index >= 15 is 0 Å². The molecule has 6 nitrogen and oxygen atoms in total. The van der Waals surface area contributed by atoms with E-state index in [2.05, 4.69) is 15.0 Å². The van der Waals surface area contributed by atoms with Gasteiger partial charge in [-0.05, 0) is 19.9 Å². The van der Waals surface area contributed by atoms with E-state index in [9.17, 15) is 8.42 Å². The Morgan fingerprint density at radius 2 is 2.05 bits per heavy atom. The zero-order valence-corrected chi connectivity index (χ0v) is 15.0. The lowest BCUT2D eigenvalue weighted by atomic mass is 10.4. The topological polar surface area (TPSA) is 96.6 Å². The SMILES string of the molecule is CN=C(N)NCCNS(=O)(=O)c1cc(C)sc1C.I. The van der Waals surface area contributed by atoms with Crippen molar-refractivity contribution < 1.29 is 8.42 Å². The Morgan fingerprint density at radius 3 is 2.53 bits per heavy atom. The number of aliphatic imine (C=N–C) groups is 1. The first kappa shape index (κ1) is 18.6. The van der Waals surface area contributed by atoms with Crippen molar-refractivity contribution >= 4 is 51.3 Å². The Morgan fingerprint density at radius 1 is 1.42 bits per heavy atom. The molecular formula is C10H19IN4O2S2. The van der Waals surface area contributed by atoms with Crippen molar-refractivity contribution in [2.75, 3.05) is 20.1 Å². The first-order valence-electron chi connectivity index (χ1n) is 5.39. The average molecular weight is 418 g/mol. The fourth-order valence-electron chi connectivity index (χ4n) is 1.41. The molecule has 0 unspecified atom stereocenters. The van der Waals surface area contributed by atoms with Crippen molar-refractivity contribution in [3.63, 3.8) is 0 Å². The van der Waals surface area contributed by atoms with Gasteiger partial charge in [-0.2, -0.15) is 0 Å². The molecule has 110 valence electrons. The summed E-state index contributed by atoms with van der Waals surface area (Å²) < 4.78 is 26.5. The van der Waals surface area contributed by atoms with Crippen LogP contribution in [0.25, 0.3) is 0 Å². The van der Waals surface area contributed by atoms with E-state index in [0.717, 1.165) is 9.75 Å². The van der Waals surface area contributed by atoms with E-state index in [1.165, 1.54) is 11.3 Å². The van der Waals surface area contributed by atoms with Crippen molar-refractivity contribution in [2.45, 2.75) is 18.7 Å². The molecule has 0 aromatic carbocycles. The molecule has 0 aliphatic carbocycles. The highest BCUT2D eigenvalue weighted by Gasteiger charge is 2.18. The highest BCUT2D eigenvalue weighted by molar-refractivity contribution is 14.0. The molecule has 1 rings (SSSR count). The van der Waals surface area contributed by atoms with Crippen LogP contribution < -0.4 is 15.8 Å². The van der Waals surface area contributed by atoms with Crippen LogP contribution >= 0.6 is 35.3 Å². The predicted molar refractivity (Wildman–Crippen MR) is 89.9 cm³/mol. The molecule has 0 aliphatic heterocycles. The maximum Gasteiger partial charge on any atom is 0.241 e. The average Bonchev–Trinajstić information content (AvgIpc) is 2.64. The molecule has 0 aliphatic rings. The fraction of sp³-hybridized carbons (Fsp3) is 0.500. The maximum atomic E-state index is 12.0. The number of nitrogens with zero attached hydrogens (tertiary/aromatic N) is 1. The molecule has 0 saturated heterocycles. The van der Waals surface area contributed by atoms with E-state index < -0.39 is 10.0 Å². The number of nitrogens with two attached hydrogens (primary N) is 1. The molecule has 1 heterocycles. The standard InChI is InChI=1S/C10H18N4O2S2.HI/c1-7-6-9(8(2)17-7)18(15,16)14-5-4-13-10(11)12-3;/h6,14H,4-5H2,1-3H3,(H3,11,12,13);1H. The number of aryl methyl sites for hydroxylation is 2. The van der Waals surface area contributed by atoms with Crippen LogP contribution in [0.5, 0.6) is 0 Å². The van der Waals surface area contributed by atoms with Crippen LogP contribution in [0.4, 0.5) is 0 Å². The Bertz CT molecular complexity index is 540. The van der Waals surface area contributed by atoms with Crippen molar-refractivity contribution in [1.82, 2.24) is 10.0 Å². The molecule has 4 N–H and O–H groups in total. The molecule has 0 spiro atoms. The number of sulfonamides is 1. The Balaban J connectivity index is 0.00000324. The van der Waals surface area contributed by atoms with Crippen LogP contribution in [-0.2, 0) is 10.0 Å². The summed E-state index contributed by atoms with van der Waals surface area (Å²) in [4.78, 5) is 5.83. The van der Waals surface area contributed by atoms with E-state index in [-0.39, 0.29) is 36.5 Å². The van der Waals surface area contributed by atoms with Gasteiger partial charge in [-0.1, -0.05) is 0 Å². The van der Waals surface area contributed by atoms with Gasteiger partial charge >= 0.3 is 0 Å². The molecule has 9 heteroatoms. The van der Waals surface area contributed by atoms with Gasteiger partial charge in [0.05, 0.1) is 4.90 Å². The van der Waals surface area contributed by atoms with Crippen LogP contribution in [0.15, 0.2) is 16.0 Å². The minimum atomic E-state index is -3.44. The van der Waals surface area contributed by atoms with Crippen LogP contribution in [-0.4, -0.2) is 34.5 Å². The molecule has 0 saturated carbocycles. The van der Waals surface area contributed by atoms with Gasteiger partial charge in [0.15, 0.2) is 5.96 Å². The van der Waals surface area contributed by atoms with Crippen molar-refractivity contribution in [3.05, 3.63) is 15.8 Å². The van der Waals surface area contributed by atoms with E-state index in [1.807, 2.05) is 6.92 Å². The molecular weight excluding hydrogens is 399 g/mol. The first-order valence-corrected chi connectivity index (χ1v) is 7.69. The van der Waals surface area contributed by atoms with Crippen molar-refractivity contribution in [3.8, 4) is 0 Å². The molecule has 0 bridgehead atoms. The van der Waals surface area contributed by atoms with Gasteiger partial charge in [0.25, 0.3) is 0 Å². The number of hydrogen-bond donors (Lipinski definition) is 3. The summed E-state index contributed by atoms with van der Waals surface area (Å²) in [5.74, 6) is 0.289. The summed E-state index contributed by atoms with van der Waals surface area (Å²) in [5, 5.41) is 2.78. The summed E-state index contributed by atoms with van der Waals surface area (Å²) in [5.41, 5.74) is 5.42. The van der Waals surface area contributed by atoms with Gasteiger partial charge in [0.2, 0.25) is 10.0 Å². The smallest absolute Gasteiger partial charge is 0.241 e. The highest BCUT2D eigenvalue weighted by atomic mass is 127. The minimum Gasteiger partial charge on any atom is -0.370 e. The predicted octanol–water partition coefficient (Wildman–Crippen LogP) is 0.795. The summed E-state index contributed by atoms with van der Waals surface area (Å²) in [6, 6.07) is 1.68. The monoisotopic (exact) mass is 418 g/mol. The molecule has 1 aromatic heterocycles. The highest BCUT2D eigenvalue weighted by Crippen LogP contribution is 2.24. The molecule has 19 heavy (non-hydrogen) atoms. The number of hydrogen-bond acceptors (Lipinski definition) is 4. The third-order valence-corrected chi connectivity index (χ3v) is 4.93. The third kappa shape index (κ3) is 5.63. The first-order chi connectivity index (χ1) is 8.36. The summed E-state index contributed by atoms with van der Waals surface area (Å²) in [6.45, 7) is 4.33. The minimum absolute atomic E-state index is 0. The Labute approximate surface area is 135 Å². The summed E-state index contributed by atoms with van der Waals surface area (Å²) in [6.07, 6.45) is 0. The fourth-order valence-corrected chi connectivity index (χ4v) is 3.99. The maximum absolute atomic E-state index is 12.0. The number of halogens is 1. The van der Waals surface area contributed by atoms with Gasteiger partial charge in [-0.15, -0.1) is 35.3 Å². The van der Waals surface area contributed by atoms with Gasteiger partial charge in [0.1, 0.15) is 0 Å². The number of guanidine groups is 1. The van der Waals surface area contributed by atoms with Crippen LogP contribution in [0.3, 0.4) is 0 Å². The second-order valence-electron chi connectivity index (χ2n) is 3.71. The molecule has 0 amide bonds. The summed E-state index contributed by atoms with van der Waals surface area (Å²) in [7, 11) is -1.88. The zero-order valence-electron chi connectivity index (χ0n) is 11.1. The van der Waals surface area contributed by atoms with E-state index in [0.29, 0.717) is 11.4 Å². The quantitative estimate of drug-likeness (QED) is 0.285. The van der Waals surface area contributed by atoms with E-state index in [1.54, 1.807) is 20.0 Å². The largest absolute Gasteiger partial charge is 0.370 e. The normalized spacial score (nSPS) is 12.1. The van der Waals surface area contributed by atoms with Crippen molar-refractivity contribution in [1.29, 1.82) is 0 Å². The number of thiophene rings is 1. The molecule has 0 atom stereocenters. The number of nitrogens with one attached hydrogen (secondary N) is 2. The number of rotatable bonds is 5. The molecule has 0 fully saturated rings. The second kappa shape index (κ2) is 8.02. The second-order valence-corrected chi connectivity index (χ2v) is 6.91. The van der Waals surface area contributed by atoms with Gasteiger partial charge in [-0.3, -0.25) is 4.99 Å². The van der Waals surface area contributed by atoms with Crippen LogP contribution in [0.2, 0.25) is 0 Å². The lowest BCUT2D eigenvalue weighted by Crippen LogP contribution is -2.38. The summed E-state index contributed by atoms with van der Waals surface area (Å²) >= 11 is 1.47.